The van der Waals surface area contributed by atoms with Gasteiger partial charge in [-0.2, -0.15) is 10.00 Å². The van der Waals surface area contributed by atoms with Gasteiger partial charge in [-0.15, -0.1) is 0 Å². The van der Waals surface area contributed by atoms with Crippen LogP contribution in [-0.2, 0) is 0 Å². The highest BCUT2D eigenvalue weighted by molar-refractivity contribution is 7.14. The average Bonchev–Trinajstić information content (AvgIpc) is 1.84. The zero-order valence-electron chi connectivity index (χ0n) is 6.47. The Bertz CT molecular complexity index is 114. The minimum atomic E-state index is -1.46. The third kappa shape index (κ3) is 4.80. The van der Waals surface area contributed by atoms with Gasteiger partial charge in [-0.05, 0) is 13.3 Å². The lowest BCUT2D eigenvalue weighted by Gasteiger charge is -2.11. The van der Waals surface area contributed by atoms with Gasteiger partial charge < -0.3 is 0 Å². The van der Waals surface area contributed by atoms with E-state index in [0.717, 1.165) is 12.8 Å². The number of halogens is 1. The molecule has 0 bridgehead atoms. The van der Waals surface area contributed by atoms with Crippen molar-refractivity contribution in [2.45, 2.75) is 38.9 Å². The summed E-state index contributed by atoms with van der Waals surface area (Å²) >= 11 is 0. The van der Waals surface area contributed by atoms with Gasteiger partial charge in [-0.3, -0.25) is 0 Å². The van der Waals surface area contributed by atoms with Crippen molar-refractivity contribution >= 4 is 9.39 Å². The van der Waals surface area contributed by atoms with Crippen molar-refractivity contribution in [3.8, 4) is 0 Å². The van der Waals surface area contributed by atoms with Crippen molar-refractivity contribution in [2.24, 2.45) is 10.00 Å². The summed E-state index contributed by atoms with van der Waals surface area (Å²) in [6.45, 7) is 3.46. The average molecular weight is 164 g/mol. The van der Waals surface area contributed by atoms with Crippen molar-refractivity contribution in [2.75, 3.05) is 0 Å². The molecule has 0 N–H and O–H groups in total. The molecule has 0 spiro atoms. The van der Waals surface area contributed by atoms with Crippen LogP contribution >= 0.6 is 9.39 Å². The van der Waals surface area contributed by atoms with Gasteiger partial charge in [0.15, 0.2) is 0 Å². The van der Waals surface area contributed by atoms with E-state index in [1.54, 1.807) is 0 Å². The van der Waals surface area contributed by atoms with E-state index >= 15 is 0 Å². The van der Waals surface area contributed by atoms with Gasteiger partial charge in [0, 0.05) is 15.8 Å². The quantitative estimate of drug-likeness (QED) is 0.346. The van der Waals surface area contributed by atoms with Gasteiger partial charge in [-0.25, -0.2) is 4.39 Å². The predicted octanol–water partition coefficient (Wildman–Crippen LogP) is 3.10. The molecule has 0 aliphatic carbocycles. The Kier molecular flexibility index (Phi) is 4.71. The van der Waals surface area contributed by atoms with E-state index in [1.165, 1.54) is 6.92 Å². The van der Waals surface area contributed by atoms with E-state index in [1.807, 2.05) is 16.3 Å². The van der Waals surface area contributed by atoms with Gasteiger partial charge in [0.2, 0.25) is 5.79 Å². The fourth-order valence-corrected chi connectivity index (χ4v) is 0.911. The first-order chi connectivity index (χ1) is 4.62. The molecule has 0 aromatic heterocycles. The molecule has 60 valence electrons. The normalized spacial score (nSPS) is 17.6. The summed E-state index contributed by atoms with van der Waals surface area (Å²) < 4.78 is 13.0. The second kappa shape index (κ2) is 4.73. The van der Waals surface area contributed by atoms with E-state index in [4.69, 9.17) is 0 Å². The standard InChI is InChI=1S/C6H14FN2P/c1-3-4-5-6(2,7)8-9-10/h3-5,10H2,1-2H3/b9-8+. The molecule has 0 aliphatic rings. The molecule has 2 unspecified atom stereocenters. The maximum Gasteiger partial charge on any atom is 0.217 e. The number of nitrogens with zero attached hydrogens (tertiary/aromatic N) is 2. The van der Waals surface area contributed by atoms with Gasteiger partial charge >= 0.3 is 0 Å². The Morgan fingerprint density at radius 1 is 1.60 bits per heavy atom. The largest absolute Gasteiger partial charge is 0.217 e. The summed E-state index contributed by atoms with van der Waals surface area (Å²) in [5.74, 6) is -1.46. The van der Waals surface area contributed by atoms with Crippen LogP contribution in [0.25, 0.3) is 0 Å². The predicted molar refractivity (Wildman–Crippen MR) is 43.6 cm³/mol. The third-order valence-electron chi connectivity index (χ3n) is 1.25. The number of unbranched alkanes of at least 4 members (excludes halogenated alkanes) is 1. The van der Waals surface area contributed by atoms with Crippen LogP contribution in [0, 0.1) is 0 Å². The maximum absolute atomic E-state index is 13.0. The molecular weight excluding hydrogens is 150 g/mol. The van der Waals surface area contributed by atoms with Crippen LogP contribution < -0.4 is 0 Å². The maximum atomic E-state index is 13.0. The van der Waals surface area contributed by atoms with Gasteiger partial charge in [0.05, 0.1) is 0 Å². The zero-order valence-corrected chi connectivity index (χ0v) is 7.63. The molecule has 4 heteroatoms. The summed E-state index contributed by atoms with van der Waals surface area (Å²) in [4.78, 5) is 3.33. The molecule has 0 aromatic carbocycles. The summed E-state index contributed by atoms with van der Waals surface area (Å²) in [6, 6.07) is 0. The molecule has 2 nitrogen and oxygen atoms in total. The van der Waals surface area contributed by atoms with Crippen LogP contribution in [0.5, 0.6) is 0 Å². The van der Waals surface area contributed by atoms with E-state index in [0.29, 0.717) is 6.42 Å². The van der Waals surface area contributed by atoms with Crippen LogP contribution in [0.1, 0.15) is 33.1 Å². The van der Waals surface area contributed by atoms with Gasteiger partial charge in [0.1, 0.15) is 0 Å². The van der Waals surface area contributed by atoms with Gasteiger partial charge in [0.25, 0.3) is 0 Å². The lowest BCUT2D eigenvalue weighted by atomic mass is 10.1. The van der Waals surface area contributed by atoms with Crippen molar-refractivity contribution in [1.82, 2.24) is 0 Å². The molecule has 0 fully saturated rings. The minimum absolute atomic E-state index is 0.460. The second-order valence-electron chi connectivity index (χ2n) is 2.46. The minimum Gasteiger partial charge on any atom is -0.216 e. The van der Waals surface area contributed by atoms with Crippen LogP contribution in [-0.4, -0.2) is 5.79 Å². The summed E-state index contributed by atoms with van der Waals surface area (Å²) in [6.07, 6.45) is 2.31. The van der Waals surface area contributed by atoms with Gasteiger partial charge in [-0.1, -0.05) is 13.3 Å². The highest BCUT2D eigenvalue weighted by atomic mass is 31.0. The SMILES string of the molecule is CCCCC(C)(F)/N=N/P. The molecule has 0 rings (SSSR count). The monoisotopic (exact) mass is 164 g/mol. The fraction of sp³-hybridized carbons (Fsp3) is 1.00. The molecule has 0 aromatic rings. The van der Waals surface area contributed by atoms with E-state index in [2.05, 4.69) is 10.00 Å². The zero-order chi connectivity index (χ0) is 8.04. The topological polar surface area (TPSA) is 24.7 Å². The first kappa shape index (κ1) is 9.96. The van der Waals surface area contributed by atoms with Crippen molar-refractivity contribution in [1.29, 1.82) is 0 Å². The Labute approximate surface area is 63.6 Å². The highest BCUT2D eigenvalue weighted by Gasteiger charge is 2.20. The molecule has 2 atom stereocenters. The van der Waals surface area contributed by atoms with Crippen LogP contribution in [0.4, 0.5) is 4.39 Å². The summed E-state index contributed by atoms with van der Waals surface area (Å²) in [7, 11) is 2.03. The number of alkyl halides is 1. The number of hydrogen-bond acceptors (Lipinski definition) is 2. The third-order valence-corrected chi connectivity index (χ3v) is 1.37. The number of rotatable bonds is 4. The van der Waals surface area contributed by atoms with Crippen LogP contribution in [0.3, 0.4) is 0 Å². The lowest BCUT2D eigenvalue weighted by molar-refractivity contribution is 0.175. The van der Waals surface area contributed by atoms with E-state index in [-0.39, 0.29) is 0 Å². The molecule has 0 amide bonds. The highest BCUT2D eigenvalue weighted by Crippen LogP contribution is 2.20. The Morgan fingerprint density at radius 2 is 2.20 bits per heavy atom. The summed E-state index contributed by atoms with van der Waals surface area (Å²) in [5, 5.41) is 3.42. The number of hydrogen-bond donors (Lipinski definition) is 0. The van der Waals surface area contributed by atoms with Crippen LogP contribution in [0.2, 0.25) is 0 Å². The van der Waals surface area contributed by atoms with Crippen molar-refractivity contribution in [3.63, 3.8) is 0 Å². The molecule has 0 aliphatic heterocycles. The smallest absolute Gasteiger partial charge is 0.216 e. The Morgan fingerprint density at radius 3 is 2.60 bits per heavy atom. The molecular formula is C6H14FN2P. The Hall–Kier alpha value is -0.0400. The molecule has 0 heterocycles. The van der Waals surface area contributed by atoms with Crippen molar-refractivity contribution in [3.05, 3.63) is 0 Å². The lowest BCUT2D eigenvalue weighted by Crippen LogP contribution is -2.12. The summed E-state index contributed by atoms with van der Waals surface area (Å²) in [5.41, 5.74) is 0. The first-order valence-electron chi connectivity index (χ1n) is 3.43. The Balaban J connectivity index is 3.63. The first-order valence-corrected chi connectivity index (χ1v) is 3.95. The molecule has 0 radical (unpaired) electrons. The van der Waals surface area contributed by atoms with Crippen molar-refractivity contribution < 1.29 is 4.39 Å². The molecule has 0 saturated heterocycles. The van der Waals surface area contributed by atoms with Crippen LogP contribution in [0.15, 0.2) is 10.00 Å². The second-order valence-corrected chi connectivity index (χ2v) is 2.69. The molecule has 10 heavy (non-hydrogen) atoms. The van der Waals surface area contributed by atoms with E-state index in [9.17, 15) is 4.39 Å². The molecule has 0 saturated carbocycles. The van der Waals surface area contributed by atoms with E-state index < -0.39 is 5.79 Å². The fourth-order valence-electron chi connectivity index (χ4n) is 0.670.